The number of carbonyl (C=O) groups excluding carboxylic acids is 2. The average Bonchev–Trinajstić information content (AvgIpc) is 2.60. The molecule has 0 atom stereocenters. The quantitative estimate of drug-likeness (QED) is 0.792. The fourth-order valence-corrected chi connectivity index (χ4v) is 2.16. The summed E-state index contributed by atoms with van der Waals surface area (Å²) in [5, 5.41) is 2.71. The first-order valence-corrected chi connectivity index (χ1v) is 7.77. The standard InChI is InChI=1S/C19H20FNO3/c1-3-18(22)15-5-7-16(8-6-15)24-12-19(23)21-11-14-4-9-17(20)13(2)10-14/h4-10H,3,11-12H2,1-2H3,(H,21,23). The second kappa shape index (κ2) is 8.24. The van der Waals surface area contributed by atoms with E-state index >= 15 is 0 Å². The van der Waals surface area contributed by atoms with E-state index in [0.29, 0.717) is 29.8 Å². The van der Waals surface area contributed by atoms with Crippen LogP contribution in [0.25, 0.3) is 0 Å². The Bertz CT molecular complexity index is 726. The molecule has 5 heteroatoms. The second-order valence-corrected chi connectivity index (χ2v) is 5.45. The van der Waals surface area contributed by atoms with Crippen LogP contribution in [0.5, 0.6) is 5.75 Å². The zero-order valence-electron chi connectivity index (χ0n) is 13.8. The largest absolute Gasteiger partial charge is 0.484 e. The molecule has 0 radical (unpaired) electrons. The van der Waals surface area contributed by atoms with Crippen LogP contribution in [0.3, 0.4) is 0 Å². The first kappa shape index (κ1) is 17.7. The molecule has 1 amide bonds. The average molecular weight is 329 g/mol. The van der Waals surface area contributed by atoms with Crippen LogP contribution >= 0.6 is 0 Å². The zero-order chi connectivity index (χ0) is 17.5. The van der Waals surface area contributed by atoms with E-state index in [2.05, 4.69) is 5.32 Å². The number of nitrogens with one attached hydrogen (secondary N) is 1. The summed E-state index contributed by atoms with van der Waals surface area (Å²) in [6.07, 6.45) is 0.450. The summed E-state index contributed by atoms with van der Waals surface area (Å²) in [5.74, 6) is 0.0495. The molecular formula is C19H20FNO3. The van der Waals surface area contributed by atoms with Crippen LogP contribution in [0.2, 0.25) is 0 Å². The van der Waals surface area contributed by atoms with E-state index in [-0.39, 0.29) is 24.1 Å². The summed E-state index contributed by atoms with van der Waals surface area (Å²) < 4.78 is 18.6. The van der Waals surface area contributed by atoms with Crippen LogP contribution in [0, 0.1) is 12.7 Å². The third-order valence-corrected chi connectivity index (χ3v) is 3.58. The SMILES string of the molecule is CCC(=O)c1ccc(OCC(=O)NCc2ccc(F)c(C)c2)cc1. The molecule has 1 N–H and O–H groups in total. The van der Waals surface area contributed by atoms with Crippen molar-refractivity contribution in [2.24, 2.45) is 0 Å². The van der Waals surface area contributed by atoms with Gasteiger partial charge >= 0.3 is 0 Å². The first-order chi connectivity index (χ1) is 11.5. The minimum atomic E-state index is -0.273. The van der Waals surface area contributed by atoms with E-state index in [0.717, 1.165) is 5.56 Å². The molecule has 0 spiro atoms. The Labute approximate surface area is 140 Å². The highest BCUT2D eigenvalue weighted by molar-refractivity contribution is 5.95. The second-order valence-electron chi connectivity index (χ2n) is 5.45. The number of amides is 1. The van der Waals surface area contributed by atoms with E-state index in [4.69, 9.17) is 4.74 Å². The monoisotopic (exact) mass is 329 g/mol. The van der Waals surface area contributed by atoms with Gasteiger partial charge in [0.1, 0.15) is 11.6 Å². The number of hydrogen-bond donors (Lipinski definition) is 1. The normalized spacial score (nSPS) is 10.3. The molecule has 2 rings (SSSR count). The maximum Gasteiger partial charge on any atom is 0.258 e. The molecule has 0 bridgehead atoms. The van der Waals surface area contributed by atoms with Gasteiger partial charge in [-0.15, -0.1) is 0 Å². The smallest absolute Gasteiger partial charge is 0.258 e. The third kappa shape index (κ3) is 4.91. The number of rotatable bonds is 7. The first-order valence-electron chi connectivity index (χ1n) is 7.77. The summed E-state index contributed by atoms with van der Waals surface area (Å²) in [6.45, 7) is 3.67. The number of Topliss-reactive ketones (excluding diaryl/α,β-unsaturated/α-hetero) is 1. The lowest BCUT2D eigenvalue weighted by molar-refractivity contribution is -0.123. The molecule has 2 aromatic rings. The number of halogens is 1. The van der Waals surface area contributed by atoms with Crippen molar-refractivity contribution in [1.82, 2.24) is 5.32 Å². The van der Waals surface area contributed by atoms with Gasteiger partial charge in [0.25, 0.3) is 5.91 Å². The van der Waals surface area contributed by atoms with E-state index < -0.39 is 0 Å². The summed E-state index contributed by atoms with van der Waals surface area (Å²) in [7, 11) is 0. The van der Waals surface area contributed by atoms with Crippen molar-refractivity contribution in [2.45, 2.75) is 26.8 Å². The maximum absolute atomic E-state index is 13.2. The minimum Gasteiger partial charge on any atom is -0.484 e. The third-order valence-electron chi connectivity index (χ3n) is 3.58. The van der Waals surface area contributed by atoms with Gasteiger partial charge in [-0.1, -0.05) is 19.1 Å². The van der Waals surface area contributed by atoms with Crippen molar-refractivity contribution < 1.29 is 18.7 Å². The highest BCUT2D eigenvalue weighted by atomic mass is 19.1. The molecule has 126 valence electrons. The Morgan fingerprint density at radius 2 is 1.83 bits per heavy atom. The van der Waals surface area contributed by atoms with Crippen LogP contribution in [-0.4, -0.2) is 18.3 Å². The lowest BCUT2D eigenvalue weighted by Gasteiger charge is -2.09. The van der Waals surface area contributed by atoms with Crippen molar-refractivity contribution in [3.8, 4) is 5.75 Å². The zero-order valence-corrected chi connectivity index (χ0v) is 13.8. The summed E-state index contributed by atoms with van der Waals surface area (Å²) in [5.41, 5.74) is 1.99. The van der Waals surface area contributed by atoms with E-state index in [9.17, 15) is 14.0 Å². The molecule has 0 aromatic heterocycles. The van der Waals surface area contributed by atoms with Gasteiger partial charge in [0, 0.05) is 18.5 Å². The van der Waals surface area contributed by atoms with Crippen molar-refractivity contribution in [3.05, 3.63) is 65.0 Å². The van der Waals surface area contributed by atoms with Gasteiger partial charge in [0.2, 0.25) is 0 Å². The molecule has 0 aliphatic heterocycles. The summed E-state index contributed by atoms with van der Waals surface area (Å²) >= 11 is 0. The van der Waals surface area contributed by atoms with Crippen molar-refractivity contribution in [2.75, 3.05) is 6.61 Å². The topological polar surface area (TPSA) is 55.4 Å². The number of ketones is 1. The van der Waals surface area contributed by atoms with E-state index in [1.165, 1.54) is 6.07 Å². The number of carbonyl (C=O) groups is 2. The van der Waals surface area contributed by atoms with Gasteiger partial charge in [0.15, 0.2) is 12.4 Å². The molecule has 0 aliphatic rings. The molecule has 0 heterocycles. The molecule has 4 nitrogen and oxygen atoms in total. The van der Waals surface area contributed by atoms with Crippen LogP contribution in [0.15, 0.2) is 42.5 Å². The van der Waals surface area contributed by atoms with Gasteiger partial charge in [-0.3, -0.25) is 9.59 Å². The fraction of sp³-hybridized carbons (Fsp3) is 0.263. The number of ether oxygens (including phenoxy) is 1. The molecule has 24 heavy (non-hydrogen) atoms. The van der Waals surface area contributed by atoms with Gasteiger partial charge in [0.05, 0.1) is 0 Å². The lowest BCUT2D eigenvalue weighted by atomic mass is 10.1. The lowest BCUT2D eigenvalue weighted by Crippen LogP contribution is -2.28. The molecule has 2 aromatic carbocycles. The van der Waals surface area contributed by atoms with Gasteiger partial charge in [-0.25, -0.2) is 4.39 Å². The van der Waals surface area contributed by atoms with Crippen LogP contribution in [0.1, 0.15) is 34.8 Å². The summed E-state index contributed by atoms with van der Waals surface area (Å²) in [6, 6.07) is 11.4. The predicted octanol–water partition coefficient (Wildman–Crippen LogP) is 3.42. The molecule has 0 saturated carbocycles. The van der Waals surface area contributed by atoms with Crippen molar-refractivity contribution in [3.63, 3.8) is 0 Å². The molecule has 0 saturated heterocycles. The number of aryl methyl sites for hydroxylation is 1. The molecule has 0 aliphatic carbocycles. The summed E-state index contributed by atoms with van der Waals surface area (Å²) in [4.78, 5) is 23.3. The van der Waals surface area contributed by atoms with Gasteiger partial charge in [-0.2, -0.15) is 0 Å². The molecule has 0 unspecified atom stereocenters. The Kier molecular flexibility index (Phi) is 6.07. The van der Waals surface area contributed by atoms with E-state index in [1.54, 1.807) is 50.2 Å². The molecular weight excluding hydrogens is 309 g/mol. The Hall–Kier alpha value is -2.69. The van der Waals surface area contributed by atoms with Crippen LogP contribution in [-0.2, 0) is 11.3 Å². The fourth-order valence-electron chi connectivity index (χ4n) is 2.16. The minimum absolute atomic E-state index is 0.0638. The molecule has 0 fully saturated rings. The van der Waals surface area contributed by atoms with Crippen LogP contribution < -0.4 is 10.1 Å². The van der Waals surface area contributed by atoms with Gasteiger partial charge < -0.3 is 10.1 Å². The highest BCUT2D eigenvalue weighted by Gasteiger charge is 2.06. The number of hydrogen-bond acceptors (Lipinski definition) is 3. The maximum atomic E-state index is 13.2. The highest BCUT2D eigenvalue weighted by Crippen LogP contribution is 2.13. The van der Waals surface area contributed by atoms with Crippen molar-refractivity contribution in [1.29, 1.82) is 0 Å². The predicted molar refractivity (Wildman–Crippen MR) is 89.5 cm³/mol. The van der Waals surface area contributed by atoms with Crippen LogP contribution in [0.4, 0.5) is 4.39 Å². The van der Waals surface area contributed by atoms with E-state index in [1.807, 2.05) is 0 Å². The Morgan fingerprint density at radius 1 is 1.12 bits per heavy atom. The Balaban J connectivity index is 1.80. The number of benzene rings is 2. The Morgan fingerprint density at radius 3 is 2.46 bits per heavy atom. The van der Waals surface area contributed by atoms with Gasteiger partial charge in [-0.05, 0) is 48.4 Å². The van der Waals surface area contributed by atoms with Crippen molar-refractivity contribution >= 4 is 11.7 Å².